The van der Waals surface area contributed by atoms with Crippen molar-refractivity contribution in [3.8, 4) is 0 Å². The Kier molecular flexibility index (Phi) is 6.17. The largest absolute Gasteiger partial charge is 0.376 e. The van der Waals surface area contributed by atoms with E-state index in [-0.39, 0.29) is 12.7 Å². The Morgan fingerprint density at radius 3 is 2.81 bits per heavy atom. The number of benzene rings is 1. The van der Waals surface area contributed by atoms with Crippen molar-refractivity contribution in [2.24, 2.45) is 0 Å². The molecule has 0 aromatic heterocycles. The smallest absolute Gasteiger partial charge is 0.264 e. The molecule has 1 aliphatic heterocycles. The summed E-state index contributed by atoms with van der Waals surface area (Å²) < 4.78 is 32.2. The minimum atomic E-state index is -3.33. The van der Waals surface area contributed by atoms with Crippen molar-refractivity contribution in [1.82, 2.24) is 4.90 Å². The van der Waals surface area contributed by atoms with Gasteiger partial charge in [0.15, 0.2) is 0 Å². The second-order valence-electron chi connectivity index (χ2n) is 5.38. The van der Waals surface area contributed by atoms with Gasteiger partial charge < -0.3 is 4.74 Å². The first-order valence-electron chi connectivity index (χ1n) is 7.25. The predicted octanol–water partition coefficient (Wildman–Crippen LogP) is 1.64. The molecule has 0 saturated carbocycles. The third-order valence-corrected chi connectivity index (χ3v) is 4.03. The van der Waals surface area contributed by atoms with Crippen LogP contribution in [0, 0.1) is 0 Å². The summed E-state index contributed by atoms with van der Waals surface area (Å²) in [6.07, 6.45) is 2.74. The van der Waals surface area contributed by atoms with E-state index in [4.69, 9.17) is 8.92 Å². The van der Waals surface area contributed by atoms with Crippen LogP contribution in [-0.4, -0.2) is 52.0 Å². The van der Waals surface area contributed by atoms with E-state index < -0.39 is 10.1 Å². The zero-order chi connectivity index (χ0) is 15.1. The van der Waals surface area contributed by atoms with E-state index in [9.17, 15) is 8.42 Å². The normalized spacial score (nSPS) is 20.5. The first-order chi connectivity index (χ1) is 10.0. The van der Waals surface area contributed by atoms with Crippen LogP contribution in [0.1, 0.15) is 18.4 Å². The molecule has 1 aromatic rings. The van der Waals surface area contributed by atoms with E-state index in [2.05, 4.69) is 29.2 Å². The van der Waals surface area contributed by atoms with Crippen molar-refractivity contribution >= 4 is 10.1 Å². The van der Waals surface area contributed by atoms with Crippen molar-refractivity contribution in [3.05, 3.63) is 35.9 Å². The summed E-state index contributed by atoms with van der Waals surface area (Å²) >= 11 is 0. The summed E-state index contributed by atoms with van der Waals surface area (Å²) in [5, 5.41) is 0. The fourth-order valence-corrected chi connectivity index (χ4v) is 2.88. The first-order valence-corrected chi connectivity index (χ1v) is 9.07. The molecule has 2 rings (SSSR count). The Morgan fingerprint density at radius 2 is 2.10 bits per heavy atom. The molecule has 21 heavy (non-hydrogen) atoms. The Hall–Kier alpha value is -0.950. The van der Waals surface area contributed by atoms with E-state index >= 15 is 0 Å². The van der Waals surface area contributed by atoms with E-state index in [0.717, 1.165) is 38.9 Å². The maximum atomic E-state index is 10.9. The Bertz CT molecular complexity index is 518. The molecule has 5 nitrogen and oxygen atoms in total. The molecular weight excluding hydrogens is 290 g/mol. The molecule has 0 spiro atoms. The number of hydrogen-bond acceptors (Lipinski definition) is 5. The van der Waals surface area contributed by atoms with Gasteiger partial charge in [-0.3, -0.25) is 9.08 Å². The highest BCUT2D eigenvalue weighted by atomic mass is 32.2. The quantitative estimate of drug-likeness (QED) is 0.566. The lowest BCUT2D eigenvalue weighted by molar-refractivity contribution is -0.0366. The van der Waals surface area contributed by atoms with Gasteiger partial charge in [0.25, 0.3) is 10.1 Å². The number of ether oxygens (including phenoxy) is 1. The summed E-state index contributed by atoms with van der Waals surface area (Å²) in [6.45, 7) is 3.71. The van der Waals surface area contributed by atoms with E-state index in [0.29, 0.717) is 6.42 Å². The molecule has 0 amide bonds. The lowest BCUT2D eigenvalue weighted by Crippen LogP contribution is -2.42. The highest BCUT2D eigenvalue weighted by Gasteiger charge is 2.20. The first kappa shape index (κ1) is 16.4. The third kappa shape index (κ3) is 6.56. The van der Waals surface area contributed by atoms with E-state index in [1.807, 2.05) is 6.07 Å². The molecular formula is C15H23NO4S. The van der Waals surface area contributed by atoms with E-state index in [1.165, 1.54) is 5.56 Å². The van der Waals surface area contributed by atoms with Crippen LogP contribution >= 0.6 is 0 Å². The van der Waals surface area contributed by atoms with Gasteiger partial charge in [0, 0.05) is 19.6 Å². The molecule has 1 heterocycles. The predicted molar refractivity (Wildman–Crippen MR) is 81.5 cm³/mol. The van der Waals surface area contributed by atoms with Crippen LogP contribution in [0.25, 0.3) is 0 Å². The minimum Gasteiger partial charge on any atom is -0.376 e. The van der Waals surface area contributed by atoms with Gasteiger partial charge in [0.1, 0.15) is 0 Å². The molecule has 0 N–H and O–H groups in total. The van der Waals surface area contributed by atoms with Gasteiger partial charge in [-0.25, -0.2) is 0 Å². The molecule has 1 atom stereocenters. The molecule has 0 radical (unpaired) electrons. The Morgan fingerprint density at radius 1 is 1.33 bits per heavy atom. The van der Waals surface area contributed by atoms with Crippen LogP contribution in [0.15, 0.2) is 30.3 Å². The van der Waals surface area contributed by atoms with Crippen molar-refractivity contribution < 1.29 is 17.3 Å². The van der Waals surface area contributed by atoms with Crippen LogP contribution in [0.4, 0.5) is 0 Å². The standard InChI is InChI=1S/C15H23NO4S/c1-21(17,18)20-10-5-8-15-13-16(9-11-19-15)12-14-6-3-2-4-7-14/h2-4,6-7,15H,5,8-13H2,1H3. The summed E-state index contributed by atoms with van der Waals surface area (Å²) in [4.78, 5) is 2.38. The lowest BCUT2D eigenvalue weighted by atomic mass is 10.1. The maximum Gasteiger partial charge on any atom is 0.264 e. The van der Waals surface area contributed by atoms with Crippen molar-refractivity contribution in [2.75, 3.05) is 32.6 Å². The molecule has 1 saturated heterocycles. The summed E-state index contributed by atoms with van der Waals surface area (Å²) in [5.74, 6) is 0. The zero-order valence-electron chi connectivity index (χ0n) is 12.4. The van der Waals surface area contributed by atoms with Gasteiger partial charge >= 0.3 is 0 Å². The Labute approximate surface area is 127 Å². The SMILES string of the molecule is CS(=O)(=O)OCCCC1CN(Cc2ccccc2)CCO1. The molecule has 1 unspecified atom stereocenters. The molecule has 1 aliphatic rings. The average molecular weight is 313 g/mol. The van der Waals surface area contributed by atoms with Crippen LogP contribution in [0.3, 0.4) is 0 Å². The van der Waals surface area contributed by atoms with Crippen LogP contribution in [-0.2, 0) is 25.6 Å². The van der Waals surface area contributed by atoms with Crippen LogP contribution < -0.4 is 0 Å². The van der Waals surface area contributed by atoms with Crippen LogP contribution in [0.5, 0.6) is 0 Å². The van der Waals surface area contributed by atoms with Gasteiger partial charge in [0.2, 0.25) is 0 Å². The number of hydrogen-bond donors (Lipinski definition) is 0. The second kappa shape index (κ2) is 7.89. The molecule has 6 heteroatoms. The van der Waals surface area contributed by atoms with Gasteiger partial charge in [-0.1, -0.05) is 30.3 Å². The molecule has 1 fully saturated rings. The minimum absolute atomic E-state index is 0.158. The summed E-state index contributed by atoms with van der Waals surface area (Å²) in [7, 11) is -3.33. The highest BCUT2D eigenvalue weighted by Crippen LogP contribution is 2.14. The fraction of sp³-hybridized carbons (Fsp3) is 0.600. The average Bonchev–Trinajstić information content (AvgIpc) is 2.44. The summed E-state index contributed by atoms with van der Waals surface area (Å²) in [6, 6.07) is 10.4. The summed E-state index contributed by atoms with van der Waals surface area (Å²) in [5.41, 5.74) is 1.30. The molecule has 0 aliphatic carbocycles. The van der Waals surface area contributed by atoms with Gasteiger partial charge in [0.05, 0.1) is 25.6 Å². The Balaban J connectivity index is 1.71. The van der Waals surface area contributed by atoms with E-state index in [1.54, 1.807) is 0 Å². The van der Waals surface area contributed by atoms with Crippen LogP contribution in [0.2, 0.25) is 0 Å². The molecule has 1 aromatic carbocycles. The number of rotatable bonds is 7. The lowest BCUT2D eigenvalue weighted by Gasteiger charge is -2.33. The van der Waals surface area contributed by atoms with Gasteiger partial charge in [-0.2, -0.15) is 8.42 Å². The molecule has 0 bridgehead atoms. The monoisotopic (exact) mass is 313 g/mol. The second-order valence-corrected chi connectivity index (χ2v) is 7.03. The van der Waals surface area contributed by atoms with Crippen molar-refractivity contribution in [2.45, 2.75) is 25.5 Å². The fourth-order valence-electron chi connectivity index (χ4n) is 2.46. The number of morpholine rings is 1. The molecule has 118 valence electrons. The topological polar surface area (TPSA) is 55.8 Å². The third-order valence-electron chi connectivity index (χ3n) is 3.44. The maximum absolute atomic E-state index is 10.9. The van der Waals surface area contributed by atoms with Crippen molar-refractivity contribution in [3.63, 3.8) is 0 Å². The van der Waals surface area contributed by atoms with Crippen molar-refractivity contribution in [1.29, 1.82) is 0 Å². The zero-order valence-corrected chi connectivity index (χ0v) is 13.2. The highest BCUT2D eigenvalue weighted by molar-refractivity contribution is 7.85. The number of nitrogens with zero attached hydrogens (tertiary/aromatic N) is 1. The van der Waals surface area contributed by atoms with Gasteiger partial charge in [-0.05, 0) is 18.4 Å². The van der Waals surface area contributed by atoms with Gasteiger partial charge in [-0.15, -0.1) is 0 Å².